The summed E-state index contributed by atoms with van der Waals surface area (Å²) in [6.45, 7) is 2.76. The van der Waals surface area contributed by atoms with Crippen LogP contribution in [0.2, 0.25) is 0 Å². The van der Waals surface area contributed by atoms with Gasteiger partial charge in [-0.25, -0.2) is 0 Å². The van der Waals surface area contributed by atoms with Gasteiger partial charge in [-0.2, -0.15) is 0 Å². The Morgan fingerprint density at radius 2 is 1.91 bits per heavy atom. The van der Waals surface area contributed by atoms with Gasteiger partial charge in [0.25, 0.3) is 11.7 Å². The third-order valence-electron chi connectivity index (χ3n) is 5.51. The highest BCUT2D eigenvalue weighted by atomic mass is 127. The number of likely N-dealkylation sites (tertiary alicyclic amines) is 1. The minimum Gasteiger partial charge on any atom is -0.507 e. The maximum Gasteiger partial charge on any atom is 0.296 e. The fourth-order valence-corrected chi connectivity index (χ4v) is 4.19. The first-order valence-electron chi connectivity index (χ1n) is 10.8. The lowest BCUT2D eigenvalue weighted by atomic mass is 9.95. The number of ether oxygens (including phenoxy) is 1. The molecule has 7 heteroatoms. The zero-order valence-corrected chi connectivity index (χ0v) is 20.3. The lowest BCUT2D eigenvalue weighted by molar-refractivity contribution is -0.140. The number of aliphatic hydroxyl groups is 1. The van der Waals surface area contributed by atoms with E-state index in [4.69, 9.17) is 9.15 Å². The number of nitrogens with zero attached hydrogens (tertiary/aromatic N) is 1. The Bertz CT molecular complexity index is 1170. The van der Waals surface area contributed by atoms with Crippen LogP contribution in [-0.4, -0.2) is 28.3 Å². The summed E-state index contributed by atoms with van der Waals surface area (Å²) in [7, 11) is 0. The van der Waals surface area contributed by atoms with E-state index in [0.29, 0.717) is 23.7 Å². The summed E-state index contributed by atoms with van der Waals surface area (Å²) in [6.07, 6.45) is 3.45. The molecule has 2 heterocycles. The standard InChI is InChI=1S/C26H24INO5/c1-2-3-13-32-20-7-4-6-18(15-20)24(29)22-23(17-9-11-19(27)12-10-17)28(26(31)25(22)30)16-21-8-5-14-33-21/h4-12,14-15,23,29H,2-3,13,16H2,1H3. The van der Waals surface area contributed by atoms with Gasteiger partial charge in [0.05, 0.1) is 31.0 Å². The maximum absolute atomic E-state index is 13.1. The molecule has 170 valence electrons. The molecule has 1 unspecified atom stereocenters. The number of ketones is 1. The molecule has 3 aromatic rings. The second kappa shape index (κ2) is 10.2. The van der Waals surface area contributed by atoms with Crippen molar-refractivity contribution in [3.05, 3.63) is 93.0 Å². The molecular formula is C26H24INO5. The van der Waals surface area contributed by atoms with E-state index in [1.54, 1.807) is 36.4 Å². The van der Waals surface area contributed by atoms with Gasteiger partial charge in [0.1, 0.15) is 17.3 Å². The lowest BCUT2D eigenvalue weighted by Crippen LogP contribution is -2.29. The van der Waals surface area contributed by atoms with Crippen LogP contribution in [0.1, 0.15) is 42.7 Å². The van der Waals surface area contributed by atoms with Gasteiger partial charge in [0.2, 0.25) is 0 Å². The Morgan fingerprint density at radius 1 is 1.12 bits per heavy atom. The third-order valence-corrected chi connectivity index (χ3v) is 6.23. The van der Waals surface area contributed by atoms with Crippen molar-refractivity contribution < 1.29 is 23.8 Å². The van der Waals surface area contributed by atoms with Crippen molar-refractivity contribution in [2.45, 2.75) is 32.4 Å². The predicted molar refractivity (Wildman–Crippen MR) is 133 cm³/mol. The van der Waals surface area contributed by atoms with E-state index < -0.39 is 17.7 Å². The highest BCUT2D eigenvalue weighted by Gasteiger charge is 2.46. The van der Waals surface area contributed by atoms with Gasteiger partial charge in [-0.05, 0) is 71.0 Å². The number of Topliss-reactive ketones (excluding diaryl/α,β-unsaturated/α-hetero) is 1. The number of furan rings is 1. The molecule has 1 aliphatic rings. The van der Waals surface area contributed by atoms with Crippen molar-refractivity contribution in [2.75, 3.05) is 6.61 Å². The number of halogens is 1. The van der Waals surface area contributed by atoms with Crippen molar-refractivity contribution >= 4 is 40.0 Å². The van der Waals surface area contributed by atoms with Gasteiger partial charge in [0, 0.05) is 9.13 Å². The lowest BCUT2D eigenvalue weighted by Gasteiger charge is -2.24. The maximum atomic E-state index is 13.1. The molecule has 1 aliphatic heterocycles. The Balaban J connectivity index is 1.78. The number of benzene rings is 2. The van der Waals surface area contributed by atoms with E-state index in [-0.39, 0.29) is 17.9 Å². The molecule has 1 fully saturated rings. The van der Waals surface area contributed by atoms with Crippen molar-refractivity contribution in [3.63, 3.8) is 0 Å². The number of carbonyl (C=O) groups is 2. The SMILES string of the molecule is CCCCOc1cccc(C(O)=C2C(=O)C(=O)N(Cc3ccco3)C2c2ccc(I)cc2)c1. The van der Waals surface area contributed by atoms with Crippen molar-refractivity contribution in [1.82, 2.24) is 4.90 Å². The molecule has 0 spiro atoms. The average molecular weight is 557 g/mol. The average Bonchev–Trinajstić information content (AvgIpc) is 3.42. The summed E-state index contributed by atoms with van der Waals surface area (Å²) < 4.78 is 12.2. The zero-order valence-electron chi connectivity index (χ0n) is 18.2. The molecule has 1 amide bonds. The van der Waals surface area contributed by atoms with Crippen LogP contribution in [0.25, 0.3) is 5.76 Å². The fraction of sp³-hybridized carbons (Fsp3) is 0.231. The van der Waals surface area contributed by atoms with Crippen molar-refractivity contribution in [1.29, 1.82) is 0 Å². The van der Waals surface area contributed by atoms with Crippen molar-refractivity contribution in [3.8, 4) is 5.75 Å². The first-order valence-corrected chi connectivity index (χ1v) is 11.9. The summed E-state index contributed by atoms with van der Waals surface area (Å²) in [6, 6.07) is 17.2. The second-order valence-corrected chi connectivity index (χ2v) is 9.03. The summed E-state index contributed by atoms with van der Waals surface area (Å²) in [5.41, 5.74) is 1.21. The largest absolute Gasteiger partial charge is 0.507 e. The molecule has 2 aromatic carbocycles. The van der Waals surface area contributed by atoms with E-state index in [1.807, 2.05) is 24.3 Å². The van der Waals surface area contributed by atoms with Crippen LogP contribution >= 0.6 is 22.6 Å². The summed E-state index contributed by atoms with van der Waals surface area (Å²) in [5, 5.41) is 11.2. The normalized spacial score (nSPS) is 17.5. The molecule has 6 nitrogen and oxygen atoms in total. The number of unbranched alkanes of at least 4 members (excludes halogenated alkanes) is 1. The van der Waals surface area contributed by atoms with E-state index in [9.17, 15) is 14.7 Å². The quantitative estimate of drug-likeness (QED) is 0.127. The van der Waals surface area contributed by atoms with Crippen LogP contribution in [-0.2, 0) is 16.1 Å². The summed E-state index contributed by atoms with van der Waals surface area (Å²) in [5.74, 6) is -0.464. The Kier molecular flexibility index (Phi) is 7.17. The number of carbonyl (C=O) groups excluding carboxylic acids is 2. The van der Waals surface area contributed by atoms with E-state index >= 15 is 0 Å². The summed E-state index contributed by atoms with van der Waals surface area (Å²) >= 11 is 2.20. The van der Waals surface area contributed by atoms with Crippen LogP contribution in [0.3, 0.4) is 0 Å². The van der Waals surface area contributed by atoms with Gasteiger partial charge in [-0.1, -0.05) is 37.6 Å². The van der Waals surface area contributed by atoms with Crippen LogP contribution in [0.4, 0.5) is 0 Å². The molecule has 0 saturated carbocycles. The number of rotatable bonds is 8. The fourth-order valence-electron chi connectivity index (χ4n) is 3.83. The van der Waals surface area contributed by atoms with Gasteiger partial charge in [0.15, 0.2) is 0 Å². The second-order valence-electron chi connectivity index (χ2n) is 7.79. The van der Waals surface area contributed by atoms with Gasteiger partial charge in [-0.15, -0.1) is 0 Å². The molecule has 1 saturated heterocycles. The minimum atomic E-state index is -0.739. The molecule has 0 radical (unpaired) electrons. The van der Waals surface area contributed by atoms with Crippen LogP contribution in [0.15, 0.2) is 76.9 Å². The Hall–Kier alpha value is -3.07. The Labute approximate surface area is 206 Å². The van der Waals surface area contributed by atoms with E-state index in [0.717, 1.165) is 22.0 Å². The summed E-state index contributed by atoms with van der Waals surface area (Å²) in [4.78, 5) is 27.6. The first-order chi connectivity index (χ1) is 16.0. The number of hydrogen-bond donors (Lipinski definition) is 1. The molecule has 1 aromatic heterocycles. The molecule has 1 atom stereocenters. The highest BCUT2D eigenvalue weighted by Crippen LogP contribution is 2.40. The first kappa shape index (κ1) is 23.1. The van der Waals surface area contributed by atoms with Crippen LogP contribution in [0, 0.1) is 3.57 Å². The van der Waals surface area contributed by atoms with E-state index in [1.165, 1.54) is 11.2 Å². The van der Waals surface area contributed by atoms with Gasteiger partial charge in [-0.3, -0.25) is 9.59 Å². The monoisotopic (exact) mass is 557 g/mol. The smallest absolute Gasteiger partial charge is 0.296 e. The highest BCUT2D eigenvalue weighted by molar-refractivity contribution is 14.1. The van der Waals surface area contributed by atoms with Crippen LogP contribution < -0.4 is 4.74 Å². The molecular weight excluding hydrogens is 533 g/mol. The molecule has 4 rings (SSSR count). The number of amides is 1. The topological polar surface area (TPSA) is 80.0 Å². The third kappa shape index (κ3) is 4.98. The molecule has 1 N–H and O–H groups in total. The van der Waals surface area contributed by atoms with Gasteiger partial charge < -0.3 is 19.2 Å². The predicted octanol–water partition coefficient (Wildman–Crippen LogP) is 5.69. The molecule has 33 heavy (non-hydrogen) atoms. The van der Waals surface area contributed by atoms with E-state index in [2.05, 4.69) is 29.5 Å². The Morgan fingerprint density at radius 3 is 2.61 bits per heavy atom. The van der Waals surface area contributed by atoms with Crippen LogP contribution in [0.5, 0.6) is 5.75 Å². The minimum absolute atomic E-state index is 0.0541. The number of hydrogen-bond acceptors (Lipinski definition) is 5. The zero-order chi connectivity index (χ0) is 23.4. The molecule has 0 aliphatic carbocycles. The molecule has 0 bridgehead atoms. The van der Waals surface area contributed by atoms with Gasteiger partial charge >= 0.3 is 0 Å². The number of aliphatic hydroxyl groups excluding tert-OH is 1. The van der Waals surface area contributed by atoms with Crippen molar-refractivity contribution in [2.24, 2.45) is 0 Å².